The molecule has 0 bridgehead atoms. The monoisotopic (exact) mass is 294 g/mol. The van der Waals surface area contributed by atoms with Gasteiger partial charge in [0, 0.05) is 12.1 Å². The van der Waals surface area contributed by atoms with Crippen molar-refractivity contribution in [2.45, 2.75) is 58.3 Å². The highest BCUT2D eigenvalue weighted by Gasteiger charge is 2.13. The predicted octanol–water partition coefficient (Wildman–Crippen LogP) is 4.31. The molecule has 2 rings (SSSR count). The lowest BCUT2D eigenvalue weighted by atomic mass is 9.97. The zero-order chi connectivity index (χ0) is 13.5. The van der Waals surface area contributed by atoms with E-state index in [1.807, 2.05) is 6.07 Å². The summed E-state index contributed by atoms with van der Waals surface area (Å²) < 4.78 is 0. The van der Waals surface area contributed by atoms with E-state index in [0.717, 1.165) is 29.7 Å². The molecule has 1 atom stereocenters. The van der Waals surface area contributed by atoms with Gasteiger partial charge in [-0.2, -0.15) is 0 Å². The van der Waals surface area contributed by atoms with Crippen molar-refractivity contribution in [1.82, 2.24) is 20.2 Å². The van der Waals surface area contributed by atoms with E-state index in [1.54, 1.807) is 12.4 Å². The Balaban J connectivity index is 0.00000200. The molecule has 0 aliphatic heterocycles. The summed E-state index contributed by atoms with van der Waals surface area (Å²) >= 11 is 0. The van der Waals surface area contributed by atoms with E-state index in [1.165, 1.54) is 25.7 Å². The quantitative estimate of drug-likeness (QED) is 0.714. The molecule has 0 aliphatic carbocycles. The van der Waals surface area contributed by atoms with Gasteiger partial charge in [0.25, 0.3) is 0 Å². The van der Waals surface area contributed by atoms with Crippen molar-refractivity contribution in [2.24, 2.45) is 0 Å². The van der Waals surface area contributed by atoms with Crippen LogP contribution in [0, 0.1) is 0 Å². The molecule has 0 radical (unpaired) electrons. The first-order valence-electron chi connectivity index (χ1n) is 7.29. The number of rotatable bonds is 7. The highest BCUT2D eigenvalue weighted by Crippen LogP contribution is 2.23. The van der Waals surface area contributed by atoms with E-state index in [2.05, 4.69) is 34.0 Å². The van der Waals surface area contributed by atoms with E-state index in [9.17, 15) is 0 Å². The summed E-state index contributed by atoms with van der Waals surface area (Å²) in [4.78, 5) is 8.70. The number of hydrogen-bond acceptors (Lipinski definition) is 4. The Morgan fingerprint density at radius 1 is 1.05 bits per heavy atom. The smallest absolute Gasteiger partial charge is 0.154 e. The van der Waals surface area contributed by atoms with E-state index in [4.69, 9.17) is 0 Å². The van der Waals surface area contributed by atoms with Crippen molar-refractivity contribution in [3.8, 4) is 0 Å². The lowest BCUT2D eigenvalue weighted by Gasteiger charge is -2.12. The van der Waals surface area contributed by atoms with Crippen LogP contribution in [-0.2, 0) is 0 Å². The van der Waals surface area contributed by atoms with Crippen molar-refractivity contribution < 1.29 is 0 Å². The highest BCUT2D eigenvalue weighted by atomic mass is 35.5. The van der Waals surface area contributed by atoms with Crippen molar-refractivity contribution >= 4 is 23.4 Å². The van der Waals surface area contributed by atoms with Gasteiger partial charge in [0.05, 0.1) is 6.20 Å². The van der Waals surface area contributed by atoms with Gasteiger partial charge in [-0.05, 0) is 18.9 Å². The molecule has 1 unspecified atom stereocenters. The maximum Gasteiger partial charge on any atom is 0.154 e. The van der Waals surface area contributed by atoms with Crippen LogP contribution in [0.5, 0.6) is 0 Å². The Labute approximate surface area is 126 Å². The normalized spacial score (nSPS) is 12.1. The van der Waals surface area contributed by atoms with Gasteiger partial charge >= 0.3 is 0 Å². The minimum Gasteiger partial charge on any atom is -0.262 e. The Morgan fingerprint density at radius 3 is 2.65 bits per heavy atom. The number of hydrogen-bond donors (Lipinski definition) is 0. The van der Waals surface area contributed by atoms with Crippen molar-refractivity contribution in [3.05, 3.63) is 24.3 Å². The largest absolute Gasteiger partial charge is 0.262 e. The van der Waals surface area contributed by atoms with E-state index >= 15 is 0 Å². The standard InChI is InChI=1S/C15H22N4.ClH/c1-3-5-6-7-8-12(4-2)15-17-14-11-16-10-9-13(14)18-19-15;/h9-12H,3-8H2,1-2H3;1H. The third kappa shape index (κ3) is 4.37. The maximum absolute atomic E-state index is 4.61. The lowest BCUT2D eigenvalue weighted by molar-refractivity contribution is 0.519. The fraction of sp³-hybridized carbons (Fsp3) is 0.600. The molecule has 0 N–H and O–H groups in total. The topological polar surface area (TPSA) is 51.6 Å². The van der Waals surface area contributed by atoms with E-state index in [-0.39, 0.29) is 12.4 Å². The molecule has 0 aromatic carbocycles. The molecule has 4 nitrogen and oxygen atoms in total. The molecule has 20 heavy (non-hydrogen) atoms. The Bertz CT molecular complexity index is 518. The summed E-state index contributed by atoms with van der Waals surface area (Å²) in [6.07, 6.45) is 10.9. The van der Waals surface area contributed by atoms with Gasteiger partial charge in [-0.1, -0.05) is 39.5 Å². The second-order valence-electron chi connectivity index (χ2n) is 4.99. The molecule has 0 aliphatic rings. The minimum atomic E-state index is 0. The number of nitrogens with zero attached hydrogens (tertiary/aromatic N) is 4. The number of unbranched alkanes of at least 4 members (excludes halogenated alkanes) is 3. The second-order valence-corrected chi connectivity index (χ2v) is 4.99. The van der Waals surface area contributed by atoms with Gasteiger partial charge in [0.1, 0.15) is 11.0 Å². The second kappa shape index (κ2) is 8.80. The molecule has 0 spiro atoms. The number of halogens is 1. The third-order valence-electron chi connectivity index (χ3n) is 3.54. The summed E-state index contributed by atoms with van der Waals surface area (Å²) in [7, 11) is 0. The van der Waals surface area contributed by atoms with Crippen molar-refractivity contribution in [3.63, 3.8) is 0 Å². The zero-order valence-corrected chi connectivity index (χ0v) is 13.1. The number of aromatic nitrogens is 4. The SMILES string of the molecule is CCCCCCC(CC)c1nnc2ccncc2n1.Cl. The Kier molecular flexibility index (Phi) is 7.37. The summed E-state index contributed by atoms with van der Waals surface area (Å²) in [6.45, 7) is 4.43. The van der Waals surface area contributed by atoms with Crippen LogP contribution in [0.3, 0.4) is 0 Å². The van der Waals surface area contributed by atoms with Crippen molar-refractivity contribution in [2.75, 3.05) is 0 Å². The summed E-state index contributed by atoms with van der Waals surface area (Å²) in [5.41, 5.74) is 1.67. The van der Waals surface area contributed by atoms with E-state index in [0.29, 0.717) is 5.92 Å². The average molecular weight is 295 g/mol. The third-order valence-corrected chi connectivity index (χ3v) is 3.54. The van der Waals surface area contributed by atoms with Crippen LogP contribution in [0.15, 0.2) is 18.5 Å². The summed E-state index contributed by atoms with van der Waals surface area (Å²) in [6, 6.07) is 1.85. The highest BCUT2D eigenvalue weighted by molar-refractivity contribution is 5.85. The summed E-state index contributed by atoms with van der Waals surface area (Å²) in [5, 5.41) is 8.53. The minimum absolute atomic E-state index is 0. The van der Waals surface area contributed by atoms with Crippen LogP contribution in [0.2, 0.25) is 0 Å². The Morgan fingerprint density at radius 2 is 1.90 bits per heavy atom. The molecule has 2 aromatic rings. The van der Waals surface area contributed by atoms with Crippen LogP contribution >= 0.6 is 12.4 Å². The molecule has 110 valence electrons. The van der Waals surface area contributed by atoms with Crippen LogP contribution in [-0.4, -0.2) is 20.2 Å². The molecule has 5 heteroatoms. The van der Waals surface area contributed by atoms with Crippen LogP contribution < -0.4 is 0 Å². The molecular formula is C15H23ClN4. The molecule has 0 fully saturated rings. The van der Waals surface area contributed by atoms with Gasteiger partial charge in [-0.15, -0.1) is 22.6 Å². The molecule has 0 amide bonds. The van der Waals surface area contributed by atoms with Crippen LogP contribution in [0.25, 0.3) is 11.0 Å². The van der Waals surface area contributed by atoms with Gasteiger partial charge in [0.2, 0.25) is 0 Å². The number of pyridine rings is 1. The average Bonchev–Trinajstić information content (AvgIpc) is 2.47. The maximum atomic E-state index is 4.61. The molecule has 0 saturated carbocycles. The Hall–Kier alpha value is -1.29. The zero-order valence-electron chi connectivity index (χ0n) is 12.2. The molecule has 2 heterocycles. The van der Waals surface area contributed by atoms with Crippen LogP contribution in [0.1, 0.15) is 64.1 Å². The van der Waals surface area contributed by atoms with Gasteiger partial charge in [0.15, 0.2) is 5.82 Å². The van der Waals surface area contributed by atoms with Crippen LogP contribution in [0.4, 0.5) is 0 Å². The molecule has 2 aromatic heterocycles. The van der Waals surface area contributed by atoms with E-state index < -0.39 is 0 Å². The van der Waals surface area contributed by atoms with Gasteiger partial charge in [-0.3, -0.25) is 4.98 Å². The summed E-state index contributed by atoms with van der Waals surface area (Å²) in [5.74, 6) is 1.30. The predicted molar refractivity (Wildman–Crippen MR) is 84.2 cm³/mol. The molecular weight excluding hydrogens is 272 g/mol. The molecule has 0 saturated heterocycles. The first-order valence-corrected chi connectivity index (χ1v) is 7.29. The van der Waals surface area contributed by atoms with Crippen molar-refractivity contribution in [1.29, 1.82) is 0 Å². The number of fused-ring (bicyclic) bond motifs is 1. The fourth-order valence-electron chi connectivity index (χ4n) is 2.31. The fourth-order valence-corrected chi connectivity index (χ4v) is 2.31. The first-order chi connectivity index (χ1) is 9.35. The lowest BCUT2D eigenvalue weighted by Crippen LogP contribution is -2.06. The van der Waals surface area contributed by atoms with Gasteiger partial charge in [-0.25, -0.2) is 4.98 Å². The van der Waals surface area contributed by atoms with Gasteiger partial charge < -0.3 is 0 Å². The first kappa shape index (κ1) is 16.8.